The number of benzene rings is 2. The minimum Gasteiger partial charge on any atom is -0.335 e. The van der Waals surface area contributed by atoms with Crippen LogP contribution in [0.25, 0.3) is 5.69 Å². The van der Waals surface area contributed by atoms with Gasteiger partial charge in [0.15, 0.2) is 5.69 Å². The first-order valence-electron chi connectivity index (χ1n) is 11.4. The maximum atomic E-state index is 13.4. The van der Waals surface area contributed by atoms with E-state index in [0.717, 1.165) is 36.2 Å². The number of hydrogen-bond donors (Lipinski definition) is 1. The van der Waals surface area contributed by atoms with Crippen LogP contribution in [-0.2, 0) is 17.6 Å². The van der Waals surface area contributed by atoms with Gasteiger partial charge in [-0.1, -0.05) is 23.7 Å². The van der Waals surface area contributed by atoms with Crippen LogP contribution in [0, 0.1) is 5.82 Å². The summed E-state index contributed by atoms with van der Waals surface area (Å²) in [6.45, 7) is 2.49. The molecular formula is C25H25ClFN5O2. The van der Waals surface area contributed by atoms with E-state index in [0.29, 0.717) is 42.6 Å². The van der Waals surface area contributed by atoms with Crippen LogP contribution in [0.4, 0.5) is 10.1 Å². The fourth-order valence-corrected chi connectivity index (χ4v) is 4.80. The van der Waals surface area contributed by atoms with Crippen LogP contribution in [0.1, 0.15) is 28.2 Å². The quantitative estimate of drug-likeness (QED) is 0.605. The molecule has 0 spiro atoms. The van der Waals surface area contributed by atoms with E-state index < -0.39 is 0 Å². The second-order valence-corrected chi connectivity index (χ2v) is 9.02. The molecule has 0 bridgehead atoms. The number of nitrogens with one attached hydrogen (secondary N) is 1. The molecule has 2 heterocycles. The SMILES string of the molecule is O=C(CN1CCN(C(=O)c2nn(-c3ccc(F)cc3)c3c2CCC3)CC1)Nc1ccccc1Cl. The summed E-state index contributed by atoms with van der Waals surface area (Å²) in [5.74, 6) is -0.523. The molecule has 2 amide bonds. The summed E-state index contributed by atoms with van der Waals surface area (Å²) >= 11 is 6.11. The maximum Gasteiger partial charge on any atom is 0.274 e. The average molecular weight is 482 g/mol. The van der Waals surface area contributed by atoms with E-state index >= 15 is 0 Å². The predicted molar refractivity (Wildman–Crippen MR) is 128 cm³/mol. The Kier molecular flexibility index (Phi) is 6.34. The molecule has 9 heteroatoms. The number of rotatable bonds is 5. The number of aromatic nitrogens is 2. The molecule has 2 aromatic carbocycles. The number of piperazine rings is 1. The maximum absolute atomic E-state index is 13.4. The Balaban J connectivity index is 1.22. The van der Waals surface area contributed by atoms with E-state index in [9.17, 15) is 14.0 Å². The third kappa shape index (κ3) is 4.56. The molecule has 3 aromatic rings. The van der Waals surface area contributed by atoms with Gasteiger partial charge in [0, 0.05) is 37.4 Å². The lowest BCUT2D eigenvalue weighted by Crippen LogP contribution is -2.50. The highest BCUT2D eigenvalue weighted by atomic mass is 35.5. The number of anilines is 1. The highest BCUT2D eigenvalue weighted by molar-refractivity contribution is 6.33. The molecule has 0 atom stereocenters. The number of carbonyl (C=O) groups excluding carboxylic acids is 2. The van der Waals surface area contributed by atoms with E-state index in [1.807, 2.05) is 17.0 Å². The van der Waals surface area contributed by atoms with Gasteiger partial charge in [0.25, 0.3) is 5.91 Å². The number of fused-ring (bicyclic) bond motifs is 1. The number of para-hydroxylation sites is 1. The van der Waals surface area contributed by atoms with Gasteiger partial charge in [-0.25, -0.2) is 9.07 Å². The van der Waals surface area contributed by atoms with E-state index in [1.165, 1.54) is 12.1 Å². The summed E-state index contributed by atoms with van der Waals surface area (Å²) < 4.78 is 15.1. The second-order valence-electron chi connectivity index (χ2n) is 8.61. The van der Waals surface area contributed by atoms with Crippen molar-refractivity contribution in [3.05, 3.63) is 76.3 Å². The first-order valence-corrected chi connectivity index (χ1v) is 11.8. The summed E-state index contributed by atoms with van der Waals surface area (Å²) in [5.41, 5.74) is 3.86. The lowest BCUT2D eigenvalue weighted by molar-refractivity contribution is -0.117. The number of nitrogens with zero attached hydrogens (tertiary/aromatic N) is 4. The fraction of sp³-hybridized carbons (Fsp3) is 0.320. The predicted octanol–water partition coefficient (Wildman–Crippen LogP) is 3.55. The normalized spacial score (nSPS) is 15.9. The number of carbonyl (C=O) groups is 2. The second kappa shape index (κ2) is 9.56. The van der Waals surface area contributed by atoms with Crippen LogP contribution in [0.15, 0.2) is 48.5 Å². The smallest absolute Gasteiger partial charge is 0.274 e. The van der Waals surface area contributed by atoms with Gasteiger partial charge >= 0.3 is 0 Å². The van der Waals surface area contributed by atoms with Gasteiger partial charge in [-0.2, -0.15) is 5.10 Å². The molecule has 1 saturated heterocycles. The molecular weight excluding hydrogens is 457 g/mol. The Morgan fingerprint density at radius 2 is 1.74 bits per heavy atom. The van der Waals surface area contributed by atoms with Gasteiger partial charge in [-0.3, -0.25) is 14.5 Å². The summed E-state index contributed by atoms with van der Waals surface area (Å²) in [5, 5.41) is 7.98. The Morgan fingerprint density at radius 3 is 2.47 bits per heavy atom. The van der Waals surface area contributed by atoms with Gasteiger partial charge in [-0.15, -0.1) is 0 Å². The van der Waals surface area contributed by atoms with Crippen molar-refractivity contribution in [1.82, 2.24) is 19.6 Å². The minimum atomic E-state index is -0.303. The molecule has 34 heavy (non-hydrogen) atoms. The summed E-state index contributed by atoms with van der Waals surface area (Å²) in [6.07, 6.45) is 2.64. The van der Waals surface area contributed by atoms with Crippen molar-refractivity contribution in [3.63, 3.8) is 0 Å². The van der Waals surface area contributed by atoms with Crippen molar-refractivity contribution in [1.29, 1.82) is 0 Å². The highest BCUT2D eigenvalue weighted by Gasteiger charge is 2.31. The van der Waals surface area contributed by atoms with Crippen molar-refractivity contribution >= 4 is 29.1 Å². The van der Waals surface area contributed by atoms with Crippen molar-refractivity contribution in [3.8, 4) is 5.69 Å². The Labute approximate surface area is 202 Å². The monoisotopic (exact) mass is 481 g/mol. The van der Waals surface area contributed by atoms with Crippen molar-refractivity contribution in [2.45, 2.75) is 19.3 Å². The van der Waals surface area contributed by atoms with Crippen LogP contribution >= 0.6 is 11.6 Å². The molecule has 176 valence electrons. The van der Waals surface area contributed by atoms with E-state index in [2.05, 4.69) is 10.4 Å². The number of halogens is 2. The molecule has 1 aliphatic carbocycles. The largest absolute Gasteiger partial charge is 0.335 e. The fourth-order valence-electron chi connectivity index (χ4n) is 4.62. The zero-order valence-corrected chi connectivity index (χ0v) is 19.4. The first-order chi connectivity index (χ1) is 16.5. The lowest BCUT2D eigenvalue weighted by atomic mass is 10.1. The molecule has 1 aliphatic heterocycles. The van der Waals surface area contributed by atoms with E-state index in [-0.39, 0.29) is 24.2 Å². The minimum absolute atomic E-state index is 0.0841. The van der Waals surface area contributed by atoms with E-state index in [4.69, 9.17) is 11.6 Å². The number of hydrogen-bond acceptors (Lipinski definition) is 4. The topological polar surface area (TPSA) is 70.5 Å². The first kappa shape index (κ1) is 22.6. The average Bonchev–Trinajstić information content (AvgIpc) is 3.44. The molecule has 1 N–H and O–H groups in total. The Hall–Kier alpha value is -3.23. The van der Waals surface area contributed by atoms with Gasteiger partial charge in [-0.05, 0) is 55.7 Å². The zero-order valence-electron chi connectivity index (χ0n) is 18.6. The lowest BCUT2D eigenvalue weighted by Gasteiger charge is -2.34. The van der Waals surface area contributed by atoms with Crippen molar-refractivity contribution in [2.24, 2.45) is 0 Å². The molecule has 5 rings (SSSR count). The molecule has 0 saturated carbocycles. The number of amides is 2. The van der Waals surface area contributed by atoms with Crippen LogP contribution in [0.3, 0.4) is 0 Å². The third-order valence-electron chi connectivity index (χ3n) is 6.38. The third-order valence-corrected chi connectivity index (χ3v) is 6.71. The zero-order chi connectivity index (χ0) is 23.7. The van der Waals surface area contributed by atoms with Crippen molar-refractivity contribution in [2.75, 3.05) is 38.0 Å². The molecule has 1 aromatic heterocycles. The van der Waals surface area contributed by atoms with Crippen LogP contribution < -0.4 is 5.32 Å². The molecule has 1 fully saturated rings. The summed E-state index contributed by atoms with van der Waals surface area (Å²) in [7, 11) is 0. The molecule has 7 nitrogen and oxygen atoms in total. The molecule has 0 radical (unpaired) electrons. The Bertz CT molecular complexity index is 1220. The summed E-state index contributed by atoms with van der Waals surface area (Å²) in [6, 6.07) is 13.3. The van der Waals surface area contributed by atoms with Gasteiger partial charge in [0.1, 0.15) is 5.82 Å². The van der Waals surface area contributed by atoms with Crippen LogP contribution in [0.2, 0.25) is 5.02 Å². The van der Waals surface area contributed by atoms with Crippen LogP contribution in [0.5, 0.6) is 0 Å². The highest BCUT2D eigenvalue weighted by Crippen LogP contribution is 2.29. The molecule has 0 unspecified atom stereocenters. The van der Waals surface area contributed by atoms with Crippen molar-refractivity contribution < 1.29 is 14.0 Å². The van der Waals surface area contributed by atoms with Crippen LogP contribution in [-0.4, -0.2) is 64.1 Å². The summed E-state index contributed by atoms with van der Waals surface area (Å²) in [4.78, 5) is 29.6. The Morgan fingerprint density at radius 1 is 1.00 bits per heavy atom. The van der Waals surface area contributed by atoms with E-state index in [1.54, 1.807) is 33.8 Å². The standard InChI is InChI=1S/C25H25ClFN5O2/c26-20-5-1-2-6-21(20)28-23(33)16-30-12-14-31(15-13-30)25(34)24-19-4-3-7-22(19)32(29-24)18-10-8-17(27)9-11-18/h1-2,5-6,8-11H,3-4,7,12-16H2,(H,28,33). The van der Waals surface area contributed by atoms with Gasteiger partial charge in [0.2, 0.25) is 5.91 Å². The van der Waals surface area contributed by atoms with Gasteiger partial charge in [0.05, 0.1) is 22.9 Å². The molecule has 2 aliphatic rings. The van der Waals surface area contributed by atoms with Gasteiger partial charge < -0.3 is 10.2 Å².